The second kappa shape index (κ2) is 10.2. The first-order chi connectivity index (χ1) is 15.8. The van der Waals surface area contributed by atoms with E-state index in [4.69, 9.17) is 4.74 Å². The number of fused-ring (bicyclic) bond motifs is 2. The van der Waals surface area contributed by atoms with Gasteiger partial charge in [-0.15, -0.1) is 0 Å². The zero-order valence-corrected chi connectivity index (χ0v) is 23.0. The number of benzene rings is 1. The third-order valence-corrected chi connectivity index (χ3v) is 8.40. The Balaban J connectivity index is 0.00000274. The van der Waals surface area contributed by atoms with Crippen LogP contribution < -0.4 is 14.3 Å². The van der Waals surface area contributed by atoms with E-state index in [1.807, 2.05) is 0 Å². The molecule has 1 saturated heterocycles. The summed E-state index contributed by atoms with van der Waals surface area (Å²) in [6, 6.07) is 1.25. The third-order valence-electron chi connectivity index (χ3n) is 6.94. The van der Waals surface area contributed by atoms with Crippen molar-refractivity contribution in [2.45, 2.75) is 64.3 Å². The van der Waals surface area contributed by atoms with Crippen molar-refractivity contribution in [3.63, 3.8) is 0 Å². The maximum absolute atomic E-state index is 13.5. The van der Waals surface area contributed by atoms with E-state index in [9.17, 15) is 13.2 Å². The van der Waals surface area contributed by atoms with Crippen LogP contribution in [0.25, 0.3) is 0 Å². The molecule has 0 saturated carbocycles. The molecule has 0 bridgehead atoms. The summed E-state index contributed by atoms with van der Waals surface area (Å²) < 4.78 is 37.7. The fourth-order valence-corrected chi connectivity index (χ4v) is 6.94. The number of nitrogens with zero attached hydrogens (tertiary/aromatic N) is 3. The van der Waals surface area contributed by atoms with Crippen molar-refractivity contribution < 1.29 is 17.9 Å². The SMILES string of the molecule is Cc1nn(C)cc1N(C1CCOCC1)S(=O)(=O)NC(=O)Nc1c2c(cc3c1CCC3)CCC2.[Na]. The summed E-state index contributed by atoms with van der Waals surface area (Å²) in [6.45, 7) is 2.72. The standard InChI is InChI=1S/C23H31N5O4S.Na/c1-15-21(14-27(2)25-15)28(18-9-11-32-12-10-18)33(30,31)26-23(29)24-22-19-7-3-5-16(19)13-17-6-4-8-20(17)22;/h13-14,18H,3-12H2,1-2H3,(H2,24,26,29);. The molecule has 2 N–H and O–H groups in total. The summed E-state index contributed by atoms with van der Waals surface area (Å²) in [6.07, 6.45) is 8.74. The molecule has 2 aliphatic carbocycles. The number of amides is 2. The first kappa shape index (κ1) is 25.5. The van der Waals surface area contributed by atoms with Crippen LogP contribution in [-0.4, -0.2) is 73.0 Å². The first-order valence-corrected chi connectivity index (χ1v) is 13.1. The second-order valence-electron chi connectivity index (χ2n) is 9.21. The topological polar surface area (TPSA) is 106 Å². The minimum atomic E-state index is -4.17. The van der Waals surface area contributed by atoms with Crippen LogP contribution in [0, 0.1) is 6.92 Å². The van der Waals surface area contributed by atoms with Crippen molar-refractivity contribution in [2.24, 2.45) is 7.05 Å². The number of anilines is 2. The number of urea groups is 1. The fraction of sp³-hybridized carbons (Fsp3) is 0.565. The number of hydrogen-bond acceptors (Lipinski definition) is 5. The number of carbonyl (C=O) groups excluding carboxylic acids is 1. The van der Waals surface area contributed by atoms with Crippen LogP contribution in [0.5, 0.6) is 0 Å². The van der Waals surface area contributed by atoms with Crippen LogP contribution in [-0.2, 0) is 47.7 Å². The van der Waals surface area contributed by atoms with Gasteiger partial charge in [-0.1, -0.05) is 6.07 Å². The predicted octanol–water partition coefficient (Wildman–Crippen LogP) is 2.38. The van der Waals surface area contributed by atoms with Crippen molar-refractivity contribution in [2.75, 3.05) is 22.8 Å². The van der Waals surface area contributed by atoms with Crippen molar-refractivity contribution >= 4 is 57.2 Å². The van der Waals surface area contributed by atoms with E-state index < -0.39 is 16.2 Å². The van der Waals surface area contributed by atoms with Gasteiger partial charge in [0.1, 0.15) is 0 Å². The summed E-state index contributed by atoms with van der Waals surface area (Å²) in [5.41, 5.74) is 6.77. The van der Waals surface area contributed by atoms with Crippen LogP contribution in [0.1, 0.15) is 53.6 Å². The monoisotopic (exact) mass is 496 g/mol. The maximum Gasteiger partial charge on any atom is 0.334 e. The van der Waals surface area contributed by atoms with Crippen molar-refractivity contribution in [3.8, 4) is 0 Å². The summed E-state index contributed by atoms with van der Waals surface area (Å²) in [5.74, 6) is 0. The van der Waals surface area contributed by atoms with Gasteiger partial charge in [0.15, 0.2) is 0 Å². The van der Waals surface area contributed by atoms with E-state index in [1.165, 1.54) is 15.4 Å². The number of nitrogens with one attached hydrogen (secondary N) is 2. The van der Waals surface area contributed by atoms with Gasteiger partial charge in [0.05, 0.1) is 17.4 Å². The van der Waals surface area contributed by atoms with E-state index >= 15 is 0 Å². The Kier molecular flexibility index (Phi) is 7.64. The number of rotatable bonds is 5. The summed E-state index contributed by atoms with van der Waals surface area (Å²) in [7, 11) is -2.42. The van der Waals surface area contributed by atoms with Gasteiger partial charge in [-0.05, 0) is 80.5 Å². The minimum Gasteiger partial charge on any atom is -0.381 e. The minimum absolute atomic E-state index is 0. The molecule has 2 heterocycles. The Hall–Kier alpha value is -1.59. The van der Waals surface area contributed by atoms with Crippen molar-refractivity contribution in [1.82, 2.24) is 14.5 Å². The summed E-state index contributed by atoms with van der Waals surface area (Å²) in [5, 5.41) is 7.24. The number of hydrogen-bond donors (Lipinski definition) is 2. The average molecular weight is 497 g/mol. The molecule has 0 spiro atoms. The molecule has 1 aliphatic heterocycles. The third kappa shape index (κ3) is 4.88. The Labute approximate surface area is 223 Å². The number of aryl methyl sites for hydroxylation is 4. The molecule has 1 aromatic carbocycles. The van der Waals surface area contributed by atoms with Crippen LogP contribution in [0.15, 0.2) is 12.3 Å². The first-order valence-electron chi connectivity index (χ1n) is 11.7. The van der Waals surface area contributed by atoms with Gasteiger partial charge in [-0.25, -0.2) is 13.8 Å². The number of carbonyl (C=O) groups is 1. The zero-order valence-electron chi connectivity index (χ0n) is 20.2. The molecule has 11 heteroatoms. The van der Waals surface area contributed by atoms with Crippen LogP contribution in [0.4, 0.5) is 16.2 Å². The van der Waals surface area contributed by atoms with E-state index in [2.05, 4.69) is 21.2 Å². The molecule has 5 rings (SSSR count). The van der Waals surface area contributed by atoms with Gasteiger partial charge in [0, 0.05) is 61.7 Å². The molecule has 0 unspecified atom stereocenters. The molecule has 179 valence electrons. The van der Waals surface area contributed by atoms with Crippen LogP contribution in [0.3, 0.4) is 0 Å². The molecule has 0 atom stereocenters. The van der Waals surface area contributed by atoms with Gasteiger partial charge >= 0.3 is 16.2 Å². The second-order valence-corrected chi connectivity index (χ2v) is 10.8. The predicted molar refractivity (Wildman–Crippen MR) is 132 cm³/mol. The van der Waals surface area contributed by atoms with E-state index in [-0.39, 0.29) is 35.6 Å². The maximum atomic E-state index is 13.5. The quantitative estimate of drug-likeness (QED) is 0.619. The largest absolute Gasteiger partial charge is 0.381 e. The fourth-order valence-electron chi connectivity index (χ4n) is 5.52. The molecule has 2 aromatic rings. The van der Waals surface area contributed by atoms with Crippen LogP contribution in [0.2, 0.25) is 0 Å². The molecule has 9 nitrogen and oxygen atoms in total. The van der Waals surface area contributed by atoms with Gasteiger partial charge in [-0.2, -0.15) is 13.5 Å². The molecule has 2 amide bonds. The Bertz CT molecular complexity index is 1160. The van der Waals surface area contributed by atoms with Crippen LogP contribution >= 0.6 is 0 Å². The number of aromatic nitrogens is 2. The molecule has 34 heavy (non-hydrogen) atoms. The van der Waals surface area contributed by atoms with Gasteiger partial charge in [0.25, 0.3) is 0 Å². The Morgan fingerprint density at radius 1 is 1.12 bits per heavy atom. The Morgan fingerprint density at radius 3 is 2.29 bits per heavy atom. The molecular formula is C23H31N5NaO4S. The molecular weight excluding hydrogens is 465 g/mol. The van der Waals surface area contributed by atoms with E-state index in [1.54, 1.807) is 24.9 Å². The molecule has 3 aliphatic rings. The van der Waals surface area contributed by atoms with Gasteiger partial charge in [-0.3, -0.25) is 4.68 Å². The zero-order chi connectivity index (χ0) is 23.2. The van der Waals surface area contributed by atoms with Gasteiger partial charge < -0.3 is 10.1 Å². The van der Waals surface area contributed by atoms with Crippen molar-refractivity contribution in [3.05, 3.63) is 40.2 Å². The average Bonchev–Trinajstić information content (AvgIpc) is 3.48. The van der Waals surface area contributed by atoms with E-state index in [0.29, 0.717) is 37.4 Å². The van der Waals surface area contributed by atoms with Gasteiger partial charge in [0.2, 0.25) is 0 Å². The smallest absolute Gasteiger partial charge is 0.334 e. The normalized spacial score (nSPS) is 17.6. The Morgan fingerprint density at radius 2 is 1.74 bits per heavy atom. The molecule has 1 radical (unpaired) electrons. The molecule has 1 fully saturated rings. The van der Waals surface area contributed by atoms with Crippen molar-refractivity contribution in [1.29, 1.82) is 0 Å². The van der Waals surface area contributed by atoms with E-state index in [0.717, 1.165) is 55.3 Å². The summed E-state index contributed by atoms with van der Waals surface area (Å²) in [4.78, 5) is 13.1. The number of ether oxygens (including phenoxy) is 1. The molecule has 1 aromatic heterocycles. The summed E-state index contributed by atoms with van der Waals surface area (Å²) >= 11 is 0.